The number of pyridine rings is 1. The number of amides is 1. The summed E-state index contributed by atoms with van der Waals surface area (Å²) in [6.07, 6.45) is 1.59. The zero-order chi connectivity index (χ0) is 20.9. The van der Waals surface area contributed by atoms with Crippen molar-refractivity contribution in [3.05, 3.63) is 83.9 Å². The van der Waals surface area contributed by atoms with Crippen LogP contribution in [0, 0.1) is 5.82 Å². The molecule has 9 heteroatoms. The van der Waals surface area contributed by atoms with Crippen LogP contribution in [-0.4, -0.2) is 26.4 Å². The molecule has 0 saturated heterocycles. The van der Waals surface area contributed by atoms with E-state index in [4.69, 9.17) is 4.74 Å². The Morgan fingerprint density at radius 3 is 2.59 bits per heavy atom. The summed E-state index contributed by atoms with van der Waals surface area (Å²) in [4.78, 5) is 15.8. The first-order chi connectivity index (χ1) is 13.9. The zero-order valence-electron chi connectivity index (χ0n) is 15.4. The number of sulfonamides is 1. The van der Waals surface area contributed by atoms with Crippen LogP contribution in [0.3, 0.4) is 0 Å². The Hall–Kier alpha value is -3.46. The molecule has 0 unspecified atom stereocenters. The molecule has 0 bridgehead atoms. The quantitative estimate of drug-likeness (QED) is 0.618. The largest absolute Gasteiger partial charge is 0.495 e. The molecule has 150 valence electrons. The van der Waals surface area contributed by atoms with Gasteiger partial charge in [0.25, 0.3) is 15.9 Å². The number of nitrogens with zero attached hydrogens (tertiary/aromatic N) is 1. The minimum atomic E-state index is -4.30. The summed E-state index contributed by atoms with van der Waals surface area (Å²) in [5.74, 6) is -1.25. The molecule has 2 N–H and O–H groups in total. The van der Waals surface area contributed by atoms with Gasteiger partial charge in [0, 0.05) is 11.8 Å². The van der Waals surface area contributed by atoms with Crippen LogP contribution in [0.2, 0.25) is 0 Å². The van der Waals surface area contributed by atoms with Gasteiger partial charge in [0.2, 0.25) is 0 Å². The highest BCUT2D eigenvalue weighted by atomic mass is 32.2. The number of hydrogen-bond donors (Lipinski definition) is 2. The van der Waals surface area contributed by atoms with E-state index in [1.807, 2.05) is 0 Å². The summed E-state index contributed by atoms with van der Waals surface area (Å²) < 4.78 is 47.1. The average Bonchev–Trinajstić information content (AvgIpc) is 2.73. The number of benzene rings is 2. The van der Waals surface area contributed by atoms with E-state index in [0.29, 0.717) is 5.69 Å². The van der Waals surface area contributed by atoms with Crippen LogP contribution in [0.4, 0.5) is 10.1 Å². The lowest BCUT2D eigenvalue weighted by atomic mass is 10.2. The van der Waals surface area contributed by atoms with Gasteiger partial charge < -0.3 is 10.1 Å². The van der Waals surface area contributed by atoms with E-state index in [1.165, 1.54) is 19.2 Å². The number of nitrogens with one attached hydrogen (secondary N) is 2. The van der Waals surface area contributed by atoms with E-state index in [0.717, 1.165) is 12.1 Å². The number of methoxy groups -OCH3 is 1. The van der Waals surface area contributed by atoms with Crippen LogP contribution in [0.15, 0.2) is 71.8 Å². The number of aromatic nitrogens is 1. The van der Waals surface area contributed by atoms with Crippen molar-refractivity contribution in [1.82, 2.24) is 10.3 Å². The Bertz CT molecular complexity index is 1120. The van der Waals surface area contributed by atoms with Crippen LogP contribution in [-0.2, 0) is 16.6 Å². The Labute approximate surface area is 167 Å². The van der Waals surface area contributed by atoms with E-state index in [2.05, 4.69) is 15.0 Å². The van der Waals surface area contributed by atoms with Crippen molar-refractivity contribution >= 4 is 21.6 Å². The molecule has 0 aliphatic carbocycles. The number of rotatable bonds is 7. The normalized spacial score (nSPS) is 11.0. The Morgan fingerprint density at radius 1 is 1.10 bits per heavy atom. The van der Waals surface area contributed by atoms with Gasteiger partial charge in [-0.2, -0.15) is 0 Å². The second kappa shape index (κ2) is 8.70. The highest BCUT2D eigenvalue weighted by Gasteiger charge is 2.22. The number of ether oxygens (including phenoxy) is 1. The molecule has 7 nitrogen and oxygen atoms in total. The zero-order valence-corrected chi connectivity index (χ0v) is 16.2. The summed E-state index contributed by atoms with van der Waals surface area (Å²) in [7, 11) is -2.91. The van der Waals surface area contributed by atoms with E-state index < -0.39 is 26.6 Å². The molecule has 0 saturated carbocycles. The van der Waals surface area contributed by atoms with Crippen molar-refractivity contribution in [2.75, 3.05) is 11.8 Å². The lowest BCUT2D eigenvalue weighted by Gasteiger charge is -2.13. The molecule has 1 amide bonds. The Balaban J connectivity index is 1.83. The molecule has 0 spiro atoms. The van der Waals surface area contributed by atoms with Gasteiger partial charge in [0.15, 0.2) is 0 Å². The third-order valence-electron chi connectivity index (χ3n) is 3.99. The van der Waals surface area contributed by atoms with Crippen LogP contribution >= 0.6 is 0 Å². The second-order valence-electron chi connectivity index (χ2n) is 5.95. The molecule has 0 atom stereocenters. The lowest BCUT2D eigenvalue weighted by molar-refractivity contribution is 0.0950. The fourth-order valence-corrected chi connectivity index (χ4v) is 3.73. The fourth-order valence-electron chi connectivity index (χ4n) is 2.55. The molecular formula is C20H18FN3O4S. The number of hydrogen-bond acceptors (Lipinski definition) is 5. The molecule has 0 radical (unpaired) electrons. The number of para-hydroxylation sites is 2. The molecule has 1 aromatic heterocycles. The van der Waals surface area contributed by atoms with Crippen LogP contribution in [0.25, 0.3) is 0 Å². The molecule has 0 fully saturated rings. The summed E-state index contributed by atoms with van der Waals surface area (Å²) in [6, 6.07) is 14.7. The first kappa shape index (κ1) is 20.3. The number of anilines is 1. The molecule has 0 aliphatic rings. The van der Waals surface area contributed by atoms with Gasteiger partial charge in [-0.15, -0.1) is 0 Å². The summed E-state index contributed by atoms with van der Waals surface area (Å²) in [6.45, 7) is 0.151. The lowest BCUT2D eigenvalue weighted by Crippen LogP contribution is -2.24. The van der Waals surface area contributed by atoms with Gasteiger partial charge in [-0.25, -0.2) is 12.8 Å². The highest BCUT2D eigenvalue weighted by molar-refractivity contribution is 7.92. The van der Waals surface area contributed by atoms with Crippen LogP contribution < -0.4 is 14.8 Å². The van der Waals surface area contributed by atoms with Gasteiger partial charge in [-0.1, -0.05) is 18.2 Å². The first-order valence-corrected chi connectivity index (χ1v) is 10.0. The van der Waals surface area contributed by atoms with Crippen molar-refractivity contribution < 1.29 is 22.3 Å². The SMILES string of the molecule is COc1ccccc1NS(=O)(=O)c1cc(C(=O)NCc2ccccn2)ccc1F. The van der Waals surface area contributed by atoms with E-state index in [1.54, 1.807) is 42.6 Å². The minimum absolute atomic E-state index is 0.00253. The summed E-state index contributed by atoms with van der Waals surface area (Å²) in [5, 5.41) is 2.62. The predicted octanol–water partition coefficient (Wildman–Crippen LogP) is 2.96. The van der Waals surface area contributed by atoms with Crippen molar-refractivity contribution in [3.63, 3.8) is 0 Å². The van der Waals surface area contributed by atoms with Crippen molar-refractivity contribution in [2.45, 2.75) is 11.4 Å². The molecule has 1 heterocycles. The van der Waals surface area contributed by atoms with E-state index in [9.17, 15) is 17.6 Å². The van der Waals surface area contributed by atoms with Crippen LogP contribution in [0.1, 0.15) is 16.1 Å². The monoisotopic (exact) mass is 415 g/mol. The predicted molar refractivity (Wildman–Crippen MR) is 106 cm³/mol. The molecule has 3 aromatic rings. The second-order valence-corrected chi connectivity index (χ2v) is 7.61. The summed E-state index contributed by atoms with van der Waals surface area (Å²) >= 11 is 0. The maximum absolute atomic E-state index is 14.3. The van der Waals surface area contributed by atoms with E-state index in [-0.39, 0.29) is 23.5 Å². The molecule has 0 aliphatic heterocycles. The molecule has 2 aromatic carbocycles. The fraction of sp³-hybridized carbons (Fsp3) is 0.100. The van der Waals surface area contributed by atoms with Gasteiger partial charge in [0.05, 0.1) is 25.0 Å². The standard InChI is InChI=1S/C20H18FN3O4S/c1-28-18-8-3-2-7-17(18)24-29(26,27)19-12-14(9-10-16(19)21)20(25)23-13-15-6-4-5-11-22-15/h2-12,24H,13H2,1H3,(H,23,25). The van der Waals surface area contributed by atoms with Crippen molar-refractivity contribution in [1.29, 1.82) is 0 Å². The van der Waals surface area contributed by atoms with Crippen molar-refractivity contribution in [2.24, 2.45) is 0 Å². The van der Waals surface area contributed by atoms with Crippen LogP contribution in [0.5, 0.6) is 5.75 Å². The first-order valence-electron chi connectivity index (χ1n) is 8.54. The van der Waals surface area contributed by atoms with Gasteiger partial charge in [0.1, 0.15) is 16.5 Å². The number of carbonyl (C=O) groups is 1. The number of carbonyl (C=O) groups excluding carboxylic acids is 1. The van der Waals surface area contributed by atoms with Gasteiger partial charge in [-0.05, 0) is 42.5 Å². The minimum Gasteiger partial charge on any atom is -0.495 e. The molecule has 3 rings (SSSR count). The Morgan fingerprint density at radius 2 is 1.86 bits per heavy atom. The van der Waals surface area contributed by atoms with Gasteiger partial charge >= 0.3 is 0 Å². The smallest absolute Gasteiger partial charge is 0.264 e. The summed E-state index contributed by atoms with van der Waals surface area (Å²) in [5.41, 5.74) is 0.788. The third-order valence-corrected chi connectivity index (χ3v) is 5.37. The maximum atomic E-state index is 14.3. The van der Waals surface area contributed by atoms with Gasteiger partial charge in [-0.3, -0.25) is 14.5 Å². The molecule has 29 heavy (non-hydrogen) atoms. The highest BCUT2D eigenvalue weighted by Crippen LogP contribution is 2.27. The third kappa shape index (κ3) is 4.88. The van der Waals surface area contributed by atoms with E-state index >= 15 is 0 Å². The average molecular weight is 415 g/mol. The van der Waals surface area contributed by atoms with Crippen molar-refractivity contribution in [3.8, 4) is 5.75 Å². The maximum Gasteiger partial charge on any atom is 0.264 e. The number of halogens is 1. The molecular weight excluding hydrogens is 397 g/mol. The Kier molecular flexibility index (Phi) is 6.08. The topological polar surface area (TPSA) is 97.4 Å².